The number of allylic oxidation sites excluding steroid dienone is 2. The van der Waals surface area contributed by atoms with Gasteiger partial charge < -0.3 is 9.72 Å². The third-order valence-electron chi connectivity index (χ3n) is 3.10. The molecule has 0 saturated heterocycles. The van der Waals surface area contributed by atoms with Gasteiger partial charge in [0.1, 0.15) is 0 Å². The van der Waals surface area contributed by atoms with Crippen LogP contribution in [0.2, 0.25) is 0 Å². The van der Waals surface area contributed by atoms with E-state index in [-0.39, 0.29) is 0 Å². The normalized spacial score (nSPS) is 15.8. The zero-order valence-electron chi connectivity index (χ0n) is 9.51. The molecule has 0 radical (unpaired) electrons. The summed E-state index contributed by atoms with van der Waals surface area (Å²) in [5, 5.41) is 0. The second-order valence-electron chi connectivity index (χ2n) is 4.12. The second-order valence-corrected chi connectivity index (χ2v) is 4.51. The van der Waals surface area contributed by atoms with Crippen molar-refractivity contribution in [1.82, 2.24) is 14.5 Å². The first kappa shape index (κ1) is 10.5. The molecule has 0 fully saturated rings. The summed E-state index contributed by atoms with van der Waals surface area (Å²) in [4.78, 5) is 7.66. The van der Waals surface area contributed by atoms with Crippen LogP contribution in [0.15, 0.2) is 24.3 Å². The zero-order chi connectivity index (χ0) is 11.8. The fraction of sp³-hybridized carbons (Fsp3) is 0.333. The number of fused-ring (bicyclic) bond motifs is 1. The summed E-state index contributed by atoms with van der Waals surface area (Å²) < 4.78 is 7.98. The van der Waals surface area contributed by atoms with Crippen molar-refractivity contribution in [1.29, 1.82) is 0 Å². The maximum atomic E-state index is 5.37. The van der Waals surface area contributed by atoms with E-state index in [9.17, 15) is 0 Å². The summed E-state index contributed by atoms with van der Waals surface area (Å²) in [5.74, 6) is 0.617. The highest BCUT2D eigenvalue weighted by atomic mass is 32.1. The van der Waals surface area contributed by atoms with Crippen molar-refractivity contribution in [2.45, 2.75) is 18.9 Å². The number of aromatic amines is 1. The van der Waals surface area contributed by atoms with E-state index >= 15 is 0 Å². The Morgan fingerprint density at radius 1 is 1.41 bits per heavy atom. The summed E-state index contributed by atoms with van der Waals surface area (Å²) in [6.45, 7) is 0. The lowest BCUT2D eigenvalue weighted by Gasteiger charge is -2.11. The highest BCUT2D eigenvalue weighted by molar-refractivity contribution is 7.71. The first-order chi connectivity index (χ1) is 8.29. The lowest BCUT2D eigenvalue weighted by molar-refractivity contribution is 0.398. The molecule has 0 atom stereocenters. The fourth-order valence-corrected chi connectivity index (χ4v) is 2.60. The number of aromatic nitrogens is 3. The topological polar surface area (TPSA) is 42.8 Å². The first-order valence-electron chi connectivity index (χ1n) is 5.60. The molecule has 1 aliphatic carbocycles. The van der Waals surface area contributed by atoms with E-state index in [2.05, 4.69) is 26.7 Å². The minimum absolute atomic E-state index is 0.385. The number of hydrogen-bond donors (Lipinski definition) is 1. The Kier molecular flexibility index (Phi) is 2.48. The van der Waals surface area contributed by atoms with Crippen molar-refractivity contribution in [3.8, 4) is 5.88 Å². The van der Waals surface area contributed by atoms with Crippen LogP contribution >= 0.6 is 12.2 Å². The number of rotatable bonds is 2. The molecule has 0 unspecified atom stereocenters. The van der Waals surface area contributed by atoms with Crippen molar-refractivity contribution < 1.29 is 4.74 Å². The van der Waals surface area contributed by atoms with Crippen LogP contribution in [0.3, 0.4) is 0 Å². The van der Waals surface area contributed by atoms with Gasteiger partial charge in [0.15, 0.2) is 10.4 Å². The lowest BCUT2D eigenvalue weighted by Crippen LogP contribution is -2.06. The van der Waals surface area contributed by atoms with Crippen molar-refractivity contribution >= 4 is 23.4 Å². The molecule has 3 rings (SSSR count). The largest absolute Gasteiger partial charge is 0.481 e. The number of pyridine rings is 1. The molecule has 88 valence electrons. The minimum atomic E-state index is 0.385. The Morgan fingerprint density at radius 2 is 2.18 bits per heavy atom. The predicted octanol–water partition coefficient (Wildman–Crippen LogP) is 2.99. The maximum absolute atomic E-state index is 5.37. The zero-order valence-corrected chi connectivity index (χ0v) is 10.3. The van der Waals surface area contributed by atoms with Gasteiger partial charge >= 0.3 is 0 Å². The molecule has 4 nitrogen and oxygen atoms in total. The maximum Gasteiger partial charge on any atom is 0.215 e. The molecular formula is C12H13N3OS. The molecule has 0 spiro atoms. The summed E-state index contributed by atoms with van der Waals surface area (Å²) in [5.41, 5.74) is 1.84. The highest BCUT2D eigenvalue weighted by Gasteiger charge is 2.17. The standard InChI is InChI=1S/C12H13N3OS/c1-16-10-7-6-9-11(14-10)15(12(17)13-9)8-4-2-3-5-8/h2-3,6-8H,4-5H2,1H3,(H,13,17). The van der Waals surface area contributed by atoms with E-state index in [4.69, 9.17) is 17.0 Å². The van der Waals surface area contributed by atoms with Crippen LogP contribution in [-0.4, -0.2) is 21.6 Å². The number of hydrogen-bond acceptors (Lipinski definition) is 3. The molecule has 0 bridgehead atoms. The van der Waals surface area contributed by atoms with Crippen molar-refractivity contribution in [2.24, 2.45) is 0 Å². The molecule has 17 heavy (non-hydrogen) atoms. The highest BCUT2D eigenvalue weighted by Crippen LogP contribution is 2.28. The Balaban J connectivity index is 2.21. The number of nitrogens with zero attached hydrogens (tertiary/aromatic N) is 2. The van der Waals surface area contributed by atoms with Crippen molar-refractivity contribution in [3.05, 3.63) is 29.1 Å². The molecule has 1 N–H and O–H groups in total. The Hall–Kier alpha value is -1.62. The van der Waals surface area contributed by atoms with E-state index in [1.54, 1.807) is 7.11 Å². The summed E-state index contributed by atoms with van der Waals surface area (Å²) in [7, 11) is 1.62. The van der Waals surface area contributed by atoms with Crippen LogP contribution in [0, 0.1) is 4.77 Å². The van der Waals surface area contributed by atoms with Gasteiger partial charge in [-0.15, -0.1) is 0 Å². The van der Waals surface area contributed by atoms with Gasteiger partial charge in [-0.05, 0) is 31.1 Å². The van der Waals surface area contributed by atoms with Gasteiger partial charge in [0.05, 0.1) is 12.6 Å². The van der Waals surface area contributed by atoms with E-state index < -0.39 is 0 Å². The molecule has 1 aliphatic rings. The van der Waals surface area contributed by atoms with Gasteiger partial charge in [-0.25, -0.2) is 0 Å². The molecule has 0 saturated carbocycles. The molecular weight excluding hydrogens is 234 g/mol. The molecule has 2 aromatic rings. The average Bonchev–Trinajstić information content (AvgIpc) is 2.93. The summed E-state index contributed by atoms with van der Waals surface area (Å²) in [6.07, 6.45) is 6.40. The average molecular weight is 247 g/mol. The van der Waals surface area contributed by atoms with E-state index in [0.29, 0.717) is 11.9 Å². The quantitative estimate of drug-likeness (QED) is 0.655. The third-order valence-corrected chi connectivity index (χ3v) is 3.39. The number of H-pyrrole nitrogens is 1. The first-order valence-corrected chi connectivity index (χ1v) is 6.00. The Bertz CT molecular complexity index is 633. The third kappa shape index (κ3) is 1.67. The molecule has 0 aromatic carbocycles. The van der Waals surface area contributed by atoms with Crippen molar-refractivity contribution in [3.63, 3.8) is 0 Å². The fourth-order valence-electron chi connectivity index (χ4n) is 2.25. The monoisotopic (exact) mass is 247 g/mol. The number of imidazole rings is 1. The Morgan fingerprint density at radius 3 is 2.88 bits per heavy atom. The number of methoxy groups -OCH3 is 1. The van der Waals surface area contributed by atoms with E-state index in [1.807, 2.05) is 12.1 Å². The van der Waals surface area contributed by atoms with Crippen molar-refractivity contribution in [2.75, 3.05) is 7.11 Å². The van der Waals surface area contributed by atoms with E-state index in [1.165, 1.54) is 0 Å². The second kappa shape index (κ2) is 4.00. The predicted molar refractivity (Wildman–Crippen MR) is 68.9 cm³/mol. The van der Waals surface area contributed by atoms with Gasteiger partial charge in [-0.2, -0.15) is 4.98 Å². The number of ether oxygens (including phenoxy) is 1. The van der Waals surface area contributed by atoms with Crippen LogP contribution in [0.4, 0.5) is 0 Å². The molecule has 0 amide bonds. The summed E-state index contributed by atoms with van der Waals surface area (Å²) in [6, 6.07) is 4.18. The van der Waals surface area contributed by atoms with Gasteiger partial charge in [0, 0.05) is 12.1 Å². The van der Waals surface area contributed by atoms with Gasteiger partial charge in [0.25, 0.3) is 0 Å². The van der Waals surface area contributed by atoms with Crippen LogP contribution in [0.25, 0.3) is 11.2 Å². The van der Waals surface area contributed by atoms with Gasteiger partial charge in [-0.1, -0.05) is 12.2 Å². The molecule has 0 aliphatic heterocycles. The lowest BCUT2D eigenvalue weighted by atomic mass is 10.2. The van der Waals surface area contributed by atoms with E-state index in [0.717, 1.165) is 28.8 Å². The smallest absolute Gasteiger partial charge is 0.215 e. The molecule has 2 heterocycles. The van der Waals surface area contributed by atoms with Crippen LogP contribution in [0.1, 0.15) is 18.9 Å². The van der Waals surface area contributed by atoms with Crippen LogP contribution < -0.4 is 4.74 Å². The Labute approximate surface area is 104 Å². The molecule has 5 heteroatoms. The molecule has 2 aromatic heterocycles. The number of nitrogens with one attached hydrogen (secondary N) is 1. The van der Waals surface area contributed by atoms with Gasteiger partial charge in [-0.3, -0.25) is 4.57 Å². The van der Waals surface area contributed by atoms with Gasteiger partial charge in [0.2, 0.25) is 5.88 Å². The van der Waals surface area contributed by atoms with Crippen LogP contribution in [-0.2, 0) is 0 Å². The SMILES string of the molecule is COc1ccc2[nH]c(=S)n(C3CC=CC3)c2n1. The van der Waals surface area contributed by atoms with Crippen LogP contribution in [0.5, 0.6) is 5.88 Å². The minimum Gasteiger partial charge on any atom is -0.481 e. The summed E-state index contributed by atoms with van der Waals surface area (Å²) >= 11 is 5.37.